The van der Waals surface area contributed by atoms with Crippen molar-refractivity contribution in [1.29, 1.82) is 0 Å². The number of nitrogens with zero attached hydrogens (tertiary/aromatic N) is 1. The average Bonchev–Trinajstić information content (AvgIpc) is 3.17. The number of ether oxygens (including phenoxy) is 3. The maximum Gasteiger partial charge on any atom is 0.573 e. The molecule has 1 aliphatic rings. The van der Waals surface area contributed by atoms with E-state index in [9.17, 15) is 27.9 Å². The lowest BCUT2D eigenvalue weighted by Gasteiger charge is -2.26. The number of anilines is 1. The second-order valence-electron chi connectivity index (χ2n) is 8.81. The third-order valence-corrected chi connectivity index (χ3v) is 6.13. The van der Waals surface area contributed by atoms with Crippen LogP contribution in [0.5, 0.6) is 17.2 Å². The molecule has 204 valence electrons. The molecule has 0 bridgehead atoms. The summed E-state index contributed by atoms with van der Waals surface area (Å²) in [5.74, 6) is -1.60. The molecule has 0 radical (unpaired) electrons. The maximum atomic E-state index is 13.3. The highest BCUT2D eigenvalue weighted by Crippen LogP contribution is 2.43. The maximum absolute atomic E-state index is 13.3. The van der Waals surface area contributed by atoms with Crippen LogP contribution in [0.25, 0.3) is 5.76 Å². The standard InChI is InChI=1S/C29H26F3NO6/c1-4-15-38-23-14-7-19(16-17(23)2)26(34)24-25(18-5-10-21(37-3)11-6-18)33(28(36)27(24)35)20-8-12-22(13-9-20)39-29(30,31)32/h5-14,16,25,34H,4,15H2,1-3H3/b26-24-. The molecule has 3 aromatic rings. The molecule has 1 N–H and O–H groups in total. The third kappa shape index (κ3) is 5.84. The number of amides is 1. The van der Waals surface area contributed by atoms with Crippen molar-refractivity contribution in [2.24, 2.45) is 0 Å². The molecule has 0 spiro atoms. The van der Waals surface area contributed by atoms with Gasteiger partial charge in [-0.2, -0.15) is 0 Å². The second kappa shape index (κ2) is 11.1. The molecular weight excluding hydrogens is 515 g/mol. The van der Waals surface area contributed by atoms with Crippen LogP contribution in [0.15, 0.2) is 72.3 Å². The van der Waals surface area contributed by atoms with E-state index in [4.69, 9.17) is 9.47 Å². The molecule has 0 aliphatic carbocycles. The summed E-state index contributed by atoms with van der Waals surface area (Å²) in [6, 6.07) is 15.0. The Morgan fingerprint density at radius 3 is 2.18 bits per heavy atom. The number of Topliss-reactive ketones (excluding diaryl/α,β-unsaturated/α-hetero) is 1. The van der Waals surface area contributed by atoms with Gasteiger partial charge < -0.3 is 19.3 Å². The van der Waals surface area contributed by atoms with E-state index in [1.807, 2.05) is 6.92 Å². The first-order chi connectivity index (χ1) is 18.5. The van der Waals surface area contributed by atoms with Gasteiger partial charge in [0.05, 0.1) is 25.3 Å². The van der Waals surface area contributed by atoms with E-state index >= 15 is 0 Å². The Bertz CT molecular complexity index is 1400. The van der Waals surface area contributed by atoms with Gasteiger partial charge in [0.15, 0.2) is 0 Å². The van der Waals surface area contributed by atoms with Crippen LogP contribution in [0.4, 0.5) is 18.9 Å². The van der Waals surface area contributed by atoms with Gasteiger partial charge in [0, 0.05) is 11.3 Å². The molecular formula is C29H26F3NO6. The van der Waals surface area contributed by atoms with Crippen LogP contribution in [0.2, 0.25) is 0 Å². The number of aryl methyl sites for hydroxylation is 1. The fraction of sp³-hybridized carbons (Fsp3) is 0.241. The Kier molecular flexibility index (Phi) is 7.85. The number of aliphatic hydroxyl groups is 1. The van der Waals surface area contributed by atoms with E-state index in [2.05, 4.69) is 4.74 Å². The second-order valence-corrected chi connectivity index (χ2v) is 8.81. The molecule has 1 atom stereocenters. The fourth-order valence-electron chi connectivity index (χ4n) is 4.34. The summed E-state index contributed by atoms with van der Waals surface area (Å²) in [6.45, 7) is 4.29. The smallest absolute Gasteiger partial charge is 0.507 e. The number of aliphatic hydroxyl groups excluding tert-OH is 1. The minimum Gasteiger partial charge on any atom is -0.507 e. The molecule has 1 unspecified atom stereocenters. The topological polar surface area (TPSA) is 85.3 Å². The van der Waals surface area contributed by atoms with Crippen molar-refractivity contribution in [2.45, 2.75) is 32.7 Å². The van der Waals surface area contributed by atoms with E-state index in [0.29, 0.717) is 29.2 Å². The average molecular weight is 542 g/mol. The van der Waals surface area contributed by atoms with E-state index in [-0.39, 0.29) is 17.0 Å². The minimum atomic E-state index is -4.89. The molecule has 39 heavy (non-hydrogen) atoms. The fourth-order valence-corrected chi connectivity index (χ4v) is 4.34. The molecule has 10 heteroatoms. The predicted molar refractivity (Wildman–Crippen MR) is 138 cm³/mol. The molecule has 1 aliphatic heterocycles. The SMILES string of the molecule is CCCOc1ccc(/C(O)=C2/C(=O)C(=O)N(c3ccc(OC(F)(F)F)cc3)C2c2ccc(OC)cc2)cc1C. The Hall–Kier alpha value is -4.47. The molecule has 3 aromatic carbocycles. The largest absolute Gasteiger partial charge is 0.573 e. The lowest BCUT2D eigenvalue weighted by Crippen LogP contribution is -2.29. The number of rotatable bonds is 8. The Labute approximate surface area is 223 Å². The number of hydrogen-bond donors (Lipinski definition) is 1. The molecule has 4 rings (SSSR count). The molecule has 0 aromatic heterocycles. The van der Waals surface area contributed by atoms with Crippen LogP contribution in [0.1, 0.15) is 36.1 Å². The molecule has 1 heterocycles. The number of benzene rings is 3. The molecule has 7 nitrogen and oxygen atoms in total. The van der Waals surface area contributed by atoms with Crippen LogP contribution in [-0.2, 0) is 9.59 Å². The van der Waals surface area contributed by atoms with Crippen molar-refractivity contribution in [1.82, 2.24) is 0 Å². The highest BCUT2D eigenvalue weighted by atomic mass is 19.4. The number of halogens is 3. The molecule has 0 saturated carbocycles. The third-order valence-electron chi connectivity index (χ3n) is 6.13. The number of ketones is 1. The molecule has 1 fully saturated rings. The monoisotopic (exact) mass is 541 g/mol. The first-order valence-corrected chi connectivity index (χ1v) is 12.1. The summed E-state index contributed by atoms with van der Waals surface area (Å²) in [5.41, 5.74) is 1.49. The van der Waals surface area contributed by atoms with Crippen LogP contribution < -0.4 is 19.1 Å². The zero-order valence-corrected chi connectivity index (χ0v) is 21.4. The Morgan fingerprint density at radius 2 is 1.62 bits per heavy atom. The summed E-state index contributed by atoms with van der Waals surface area (Å²) < 4.78 is 52.7. The normalized spacial score (nSPS) is 16.9. The first-order valence-electron chi connectivity index (χ1n) is 12.1. The van der Waals surface area contributed by atoms with Crippen molar-refractivity contribution in [3.63, 3.8) is 0 Å². The Balaban J connectivity index is 1.82. The first kappa shape index (κ1) is 27.6. The van der Waals surface area contributed by atoms with Gasteiger partial charge in [-0.05, 0) is 79.1 Å². The minimum absolute atomic E-state index is 0.144. The predicted octanol–water partition coefficient (Wildman–Crippen LogP) is 6.32. The van der Waals surface area contributed by atoms with Crippen molar-refractivity contribution >= 4 is 23.1 Å². The molecule has 1 saturated heterocycles. The van der Waals surface area contributed by atoms with Crippen molar-refractivity contribution in [3.05, 3.63) is 89.0 Å². The van der Waals surface area contributed by atoms with Crippen molar-refractivity contribution < 1.29 is 42.1 Å². The zero-order valence-electron chi connectivity index (χ0n) is 21.4. The van der Waals surface area contributed by atoms with Crippen LogP contribution in [0, 0.1) is 6.92 Å². The number of hydrogen-bond acceptors (Lipinski definition) is 6. The highest BCUT2D eigenvalue weighted by Gasteiger charge is 2.47. The highest BCUT2D eigenvalue weighted by molar-refractivity contribution is 6.51. The van der Waals surface area contributed by atoms with E-state index in [1.165, 1.54) is 19.2 Å². The quantitative estimate of drug-likeness (QED) is 0.204. The van der Waals surface area contributed by atoms with Gasteiger partial charge in [0.1, 0.15) is 23.0 Å². The van der Waals surface area contributed by atoms with Gasteiger partial charge in [0.25, 0.3) is 11.7 Å². The van der Waals surface area contributed by atoms with Gasteiger partial charge >= 0.3 is 6.36 Å². The van der Waals surface area contributed by atoms with Gasteiger partial charge in [-0.25, -0.2) is 0 Å². The summed E-state index contributed by atoms with van der Waals surface area (Å²) >= 11 is 0. The van der Waals surface area contributed by atoms with E-state index in [0.717, 1.165) is 29.0 Å². The van der Waals surface area contributed by atoms with Gasteiger partial charge in [-0.3, -0.25) is 14.5 Å². The van der Waals surface area contributed by atoms with Gasteiger partial charge in [-0.1, -0.05) is 19.1 Å². The summed E-state index contributed by atoms with van der Waals surface area (Å²) in [7, 11) is 1.49. The van der Waals surface area contributed by atoms with Gasteiger partial charge in [-0.15, -0.1) is 13.2 Å². The number of alkyl halides is 3. The van der Waals surface area contributed by atoms with Gasteiger partial charge in [0.2, 0.25) is 0 Å². The number of methoxy groups -OCH3 is 1. The lowest BCUT2D eigenvalue weighted by molar-refractivity contribution is -0.274. The number of carbonyl (C=O) groups excluding carboxylic acids is 2. The van der Waals surface area contributed by atoms with Crippen molar-refractivity contribution in [3.8, 4) is 17.2 Å². The summed E-state index contributed by atoms with van der Waals surface area (Å²) in [4.78, 5) is 27.8. The Morgan fingerprint density at radius 1 is 0.974 bits per heavy atom. The lowest BCUT2D eigenvalue weighted by atomic mass is 9.94. The van der Waals surface area contributed by atoms with E-state index in [1.54, 1.807) is 49.4 Å². The summed E-state index contributed by atoms with van der Waals surface area (Å²) in [5, 5.41) is 11.3. The molecule has 1 amide bonds. The van der Waals surface area contributed by atoms with Crippen LogP contribution in [0.3, 0.4) is 0 Å². The van der Waals surface area contributed by atoms with Crippen molar-refractivity contribution in [2.75, 3.05) is 18.6 Å². The summed E-state index contributed by atoms with van der Waals surface area (Å²) in [6.07, 6.45) is -4.07. The van der Waals surface area contributed by atoms with Crippen LogP contribution >= 0.6 is 0 Å². The van der Waals surface area contributed by atoms with Crippen LogP contribution in [-0.4, -0.2) is 36.9 Å². The number of carbonyl (C=O) groups is 2. The zero-order chi connectivity index (χ0) is 28.3. The van der Waals surface area contributed by atoms with E-state index < -0.39 is 29.8 Å².